The van der Waals surface area contributed by atoms with Crippen LogP contribution in [-0.4, -0.2) is 51.0 Å². The first-order chi connectivity index (χ1) is 8.61. The van der Waals surface area contributed by atoms with Crippen LogP contribution < -0.4 is 5.73 Å². The Labute approximate surface area is 111 Å². The van der Waals surface area contributed by atoms with Crippen molar-refractivity contribution in [2.45, 2.75) is 32.1 Å². The van der Waals surface area contributed by atoms with E-state index in [1.54, 1.807) is 0 Å². The van der Waals surface area contributed by atoms with Gasteiger partial charge in [0.2, 0.25) is 0 Å². The van der Waals surface area contributed by atoms with E-state index in [0.29, 0.717) is 29.9 Å². The molecule has 0 aromatic carbocycles. The fraction of sp³-hybridized carbons (Fsp3) is 1.00. The van der Waals surface area contributed by atoms with E-state index in [1.807, 2.05) is 0 Å². The highest BCUT2D eigenvalue weighted by Crippen LogP contribution is 2.27. The number of likely N-dealkylation sites (tertiary alicyclic amines) is 1. The maximum absolute atomic E-state index is 11.5. The van der Waals surface area contributed by atoms with Gasteiger partial charge in [0.15, 0.2) is 0 Å². The molecule has 2 N–H and O–H groups in total. The van der Waals surface area contributed by atoms with Crippen molar-refractivity contribution in [3.63, 3.8) is 0 Å². The van der Waals surface area contributed by atoms with E-state index >= 15 is 0 Å². The Kier molecular flexibility index (Phi) is 5.04. The zero-order valence-electron chi connectivity index (χ0n) is 11.2. The second-order valence-corrected chi connectivity index (χ2v) is 8.15. The molecule has 0 aromatic heterocycles. The fourth-order valence-corrected chi connectivity index (χ4v) is 4.80. The third-order valence-electron chi connectivity index (χ3n) is 4.51. The van der Waals surface area contributed by atoms with Gasteiger partial charge in [-0.3, -0.25) is 0 Å². The summed E-state index contributed by atoms with van der Waals surface area (Å²) < 4.78 is 22.9. The lowest BCUT2D eigenvalue weighted by molar-refractivity contribution is 0.162. The van der Waals surface area contributed by atoms with E-state index in [-0.39, 0.29) is 0 Å². The van der Waals surface area contributed by atoms with Gasteiger partial charge < -0.3 is 10.6 Å². The summed E-state index contributed by atoms with van der Waals surface area (Å²) >= 11 is 0. The molecule has 106 valence electrons. The van der Waals surface area contributed by atoms with Crippen LogP contribution >= 0.6 is 0 Å². The molecule has 0 amide bonds. The van der Waals surface area contributed by atoms with Crippen LogP contribution in [0.3, 0.4) is 0 Å². The SMILES string of the molecule is NCC(CN1CCCCC1)C1CCS(=O)(=O)CC1. The van der Waals surface area contributed by atoms with Gasteiger partial charge in [0.1, 0.15) is 9.84 Å². The average Bonchev–Trinajstić information content (AvgIpc) is 2.38. The highest BCUT2D eigenvalue weighted by atomic mass is 32.2. The van der Waals surface area contributed by atoms with Crippen molar-refractivity contribution in [2.24, 2.45) is 17.6 Å². The Morgan fingerprint density at radius 1 is 1.11 bits per heavy atom. The Morgan fingerprint density at radius 3 is 2.28 bits per heavy atom. The normalized spacial score (nSPS) is 28.1. The van der Waals surface area contributed by atoms with Crippen LogP contribution in [0.25, 0.3) is 0 Å². The molecule has 1 atom stereocenters. The maximum Gasteiger partial charge on any atom is 0.150 e. The highest BCUT2D eigenvalue weighted by molar-refractivity contribution is 7.91. The molecule has 0 bridgehead atoms. The lowest BCUT2D eigenvalue weighted by atomic mass is 9.86. The summed E-state index contributed by atoms with van der Waals surface area (Å²) in [6, 6.07) is 0. The molecule has 2 aliphatic heterocycles. The van der Waals surface area contributed by atoms with E-state index < -0.39 is 9.84 Å². The van der Waals surface area contributed by atoms with E-state index in [1.165, 1.54) is 32.4 Å². The zero-order valence-corrected chi connectivity index (χ0v) is 12.0. The lowest BCUT2D eigenvalue weighted by Gasteiger charge is -2.35. The molecule has 4 nitrogen and oxygen atoms in total. The van der Waals surface area contributed by atoms with Crippen LogP contribution in [0.15, 0.2) is 0 Å². The summed E-state index contributed by atoms with van der Waals surface area (Å²) in [4.78, 5) is 2.52. The first kappa shape index (κ1) is 14.3. The van der Waals surface area contributed by atoms with Gasteiger partial charge in [0.25, 0.3) is 0 Å². The molecule has 0 saturated carbocycles. The number of nitrogens with zero attached hydrogens (tertiary/aromatic N) is 1. The molecule has 2 aliphatic rings. The third-order valence-corrected chi connectivity index (χ3v) is 6.23. The minimum atomic E-state index is -2.74. The maximum atomic E-state index is 11.5. The minimum absolute atomic E-state index is 0.369. The van der Waals surface area contributed by atoms with E-state index in [4.69, 9.17) is 5.73 Å². The highest BCUT2D eigenvalue weighted by Gasteiger charge is 2.30. The Balaban J connectivity index is 1.84. The van der Waals surface area contributed by atoms with E-state index in [0.717, 1.165) is 19.4 Å². The molecule has 0 radical (unpaired) electrons. The molecular formula is C13H26N2O2S. The predicted octanol–water partition coefficient (Wildman–Crippen LogP) is 0.872. The molecule has 2 saturated heterocycles. The number of hydrogen-bond donors (Lipinski definition) is 1. The second kappa shape index (κ2) is 6.35. The summed E-state index contributed by atoms with van der Waals surface area (Å²) in [5, 5.41) is 0. The molecule has 18 heavy (non-hydrogen) atoms. The quantitative estimate of drug-likeness (QED) is 0.826. The summed E-state index contributed by atoms with van der Waals surface area (Å²) in [5.74, 6) is 1.74. The van der Waals surface area contributed by atoms with E-state index in [9.17, 15) is 8.42 Å². The van der Waals surface area contributed by atoms with Crippen molar-refractivity contribution in [1.29, 1.82) is 0 Å². The number of nitrogens with two attached hydrogens (primary N) is 1. The van der Waals surface area contributed by atoms with Gasteiger partial charge in [-0.2, -0.15) is 0 Å². The van der Waals surface area contributed by atoms with Gasteiger partial charge >= 0.3 is 0 Å². The van der Waals surface area contributed by atoms with Crippen LogP contribution in [0.4, 0.5) is 0 Å². The average molecular weight is 274 g/mol. The van der Waals surface area contributed by atoms with Gasteiger partial charge in [0.05, 0.1) is 11.5 Å². The van der Waals surface area contributed by atoms with Crippen LogP contribution in [-0.2, 0) is 9.84 Å². The van der Waals surface area contributed by atoms with Gasteiger partial charge in [-0.15, -0.1) is 0 Å². The first-order valence-corrected chi connectivity index (χ1v) is 9.06. The van der Waals surface area contributed by atoms with Crippen LogP contribution in [0, 0.1) is 11.8 Å². The molecule has 2 rings (SSSR count). The van der Waals surface area contributed by atoms with Crippen LogP contribution in [0.1, 0.15) is 32.1 Å². The smallest absolute Gasteiger partial charge is 0.150 e. The topological polar surface area (TPSA) is 63.4 Å². The molecule has 0 spiro atoms. The van der Waals surface area contributed by atoms with E-state index in [2.05, 4.69) is 4.90 Å². The summed E-state index contributed by atoms with van der Waals surface area (Å²) in [6.07, 6.45) is 5.59. The van der Waals surface area contributed by atoms with Crippen LogP contribution in [0.5, 0.6) is 0 Å². The third kappa shape index (κ3) is 3.93. The molecule has 0 aliphatic carbocycles. The van der Waals surface area contributed by atoms with Gasteiger partial charge in [0, 0.05) is 6.54 Å². The summed E-state index contributed by atoms with van der Waals surface area (Å²) in [6.45, 7) is 4.16. The minimum Gasteiger partial charge on any atom is -0.330 e. The van der Waals surface area contributed by atoms with Gasteiger partial charge in [-0.1, -0.05) is 6.42 Å². The van der Waals surface area contributed by atoms with Crippen molar-refractivity contribution >= 4 is 9.84 Å². The predicted molar refractivity (Wildman–Crippen MR) is 74.2 cm³/mol. The first-order valence-electron chi connectivity index (χ1n) is 7.23. The molecule has 1 unspecified atom stereocenters. The Hall–Kier alpha value is -0.130. The second-order valence-electron chi connectivity index (χ2n) is 5.85. The number of rotatable bonds is 4. The zero-order chi connectivity index (χ0) is 13.0. The van der Waals surface area contributed by atoms with Crippen molar-refractivity contribution < 1.29 is 8.42 Å². The molecule has 5 heteroatoms. The van der Waals surface area contributed by atoms with Crippen molar-refractivity contribution in [3.8, 4) is 0 Å². The molecule has 2 fully saturated rings. The van der Waals surface area contributed by atoms with Crippen LogP contribution in [0.2, 0.25) is 0 Å². The molecular weight excluding hydrogens is 248 g/mol. The number of piperidine rings is 1. The van der Waals surface area contributed by atoms with Crippen molar-refractivity contribution in [1.82, 2.24) is 4.90 Å². The van der Waals surface area contributed by atoms with Gasteiger partial charge in [-0.05, 0) is 57.2 Å². The van der Waals surface area contributed by atoms with Crippen molar-refractivity contribution in [2.75, 3.05) is 37.7 Å². The number of sulfone groups is 1. The number of hydrogen-bond acceptors (Lipinski definition) is 4. The lowest BCUT2D eigenvalue weighted by Crippen LogP contribution is -2.41. The largest absolute Gasteiger partial charge is 0.330 e. The molecule has 0 aromatic rings. The standard InChI is InChI=1S/C13H26N2O2S/c14-10-13(11-15-6-2-1-3-7-15)12-4-8-18(16,17)9-5-12/h12-13H,1-11,14H2. The molecule has 2 heterocycles. The summed E-state index contributed by atoms with van der Waals surface area (Å²) in [7, 11) is -2.74. The Morgan fingerprint density at radius 2 is 1.72 bits per heavy atom. The van der Waals surface area contributed by atoms with Crippen molar-refractivity contribution in [3.05, 3.63) is 0 Å². The fourth-order valence-electron chi connectivity index (χ4n) is 3.27. The van der Waals surface area contributed by atoms with Gasteiger partial charge in [-0.25, -0.2) is 8.42 Å². The monoisotopic (exact) mass is 274 g/mol. The summed E-state index contributed by atoms with van der Waals surface area (Å²) in [5.41, 5.74) is 5.91. The Bertz CT molecular complexity index is 336.